The molecule has 9 heteroatoms. The highest BCUT2D eigenvalue weighted by Crippen LogP contribution is 2.53. The minimum absolute atomic E-state index is 0.159. The number of methoxy groups -OCH3 is 2. The first-order chi connectivity index (χ1) is 15.4. The first-order valence-corrected chi connectivity index (χ1v) is 12.8. The summed E-state index contributed by atoms with van der Waals surface area (Å²) in [6, 6.07) is 5.14. The van der Waals surface area contributed by atoms with Gasteiger partial charge in [0, 0.05) is 24.9 Å². The standard InChI is InChI=1S/C23H31N3O5S/c1-30-19-4-5-20(21(13-19)31-2)26-7-3-6-25(32(26,28)29)14-22(27)24-23-17-9-15-8-16(11-17)12-18(23)10-15/h3-5,7,13,15-18,23H,6,8-12,14H2,1-2H3,(H,24,27). The van der Waals surface area contributed by atoms with E-state index in [0.717, 1.165) is 16.1 Å². The van der Waals surface area contributed by atoms with Gasteiger partial charge in [-0.3, -0.25) is 4.79 Å². The van der Waals surface area contributed by atoms with Crippen molar-refractivity contribution in [3.63, 3.8) is 0 Å². The molecule has 1 heterocycles. The summed E-state index contributed by atoms with van der Waals surface area (Å²) in [5, 5.41) is 3.21. The molecule has 5 aliphatic rings. The van der Waals surface area contributed by atoms with Crippen LogP contribution in [0.4, 0.5) is 5.69 Å². The van der Waals surface area contributed by atoms with E-state index in [1.807, 2.05) is 0 Å². The summed E-state index contributed by atoms with van der Waals surface area (Å²) >= 11 is 0. The SMILES string of the molecule is COc1ccc(N2C=CCN(CC(=O)NC3C4CC5CC(C4)CC3C5)S2(=O)=O)c(OC)c1. The van der Waals surface area contributed by atoms with E-state index in [2.05, 4.69) is 5.32 Å². The molecule has 1 amide bonds. The fourth-order valence-corrected chi connectivity index (χ4v) is 7.87. The third-order valence-electron chi connectivity index (χ3n) is 7.62. The molecular formula is C23H31N3O5S. The molecule has 0 atom stereocenters. The molecule has 4 bridgehead atoms. The average molecular weight is 462 g/mol. The molecule has 0 unspecified atom stereocenters. The number of carbonyl (C=O) groups is 1. The lowest BCUT2D eigenvalue weighted by Crippen LogP contribution is -2.57. The lowest BCUT2D eigenvalue weighted by Gasteiger charge is -2.54. The molecule has 4 aliphatic carbocycles. The van der Waals surface area contributed by atoms with Crippen molar-refractivity contribution in [1.29, 1.82) is 0 Å². The van der Waals surface area contributed by atoms with Crippen LogP contribution in [0, 0.1) is 23.7 Å². The normalized spacial score (nSPS) is 32.7. The van der Waals surface area contributed by atoms with E-state index < -0.39 is 10.2 Å². The predicted molar refractivity (Wildman–Crippen MR) is 121 cm³/mol. The third kappa shape index (κ3) is 3.75. The van der Waals surface area contributed by atoms with Crippen LogP contribution in [-0.2, 0) is 15.0 Å². The Bertz CT molecular complexity index is 996. The Morgan fingerprint density at radius 1 is 1.06 bits per heavy atom. The average Bonchev–Trinajstić information content (AvgIpc) is 2.76. The minimum atomic E-state index is -3.93. The van der Waals surface area contributed by atoms with Gasteiger partial charge in [0.1, 0.15) is 11.5 Å². The summed E-state index contributed by atoms with van der Waals surface area (Å²) in [5.74, 6) is 3.47. The highest BCUT2D eigenvalue weighted by Gasteiger charge is 2.48. The second-order valence-corrected chi connectivity index (χ2v) is 11.3. The van der Waals surface area contributed by atoms with Gasteiger partial charge in [-0.15, -0.1) is 0 Å². The van der Waals surface area contributed by atoms with Crippen LogP contribution in [-0.4, -0.2) is 52.0 Å². The Morgan fingerprint density at radius 2 is 1.75 bits per heavy atom. The maximum Gasteiger partial charge on any atom is 0.308 e. The second kappa shape index (κ2) is 8.26. The molecule has 1 aliphatic heterocycles. The number of carbonyl (C=O) groups excluding carboxylic acids is 1. The van der Waals surface area contributed by atoms with Crippen LogP contribution < -0.4 is 19.1 Å². The molecule has 1 aromatic rings. The predicted octanol–water partition coefficient (Wildman–Crippen LogP) is 2.53. The van der Waals surface area contributed by atoms with E-state index in [-0.39, 0.29) is 25.0 Å². The van der Waals surface area contributed by atoms with Crippen molar-refractivity contribution in [2.45, 2.75) is 38.1 Å². The van der Waals surface area contributed by atoms with Crippen LogP contribution in [0.5, 0.6) is 11.5 Å². The molecule has 0 aromatic heterocycles. The summed E-state index contributed by atoms with van der Waals surface area (Å²) < 4.78 is 39.6. The maximum absolute atomic E-state index is 13.3. The number of nitrogens with one attached hydrogen (secondary N) is 1. The van der Waals surface area contributed by atoms with Crippen molar-refractivity contribution in [2.24, 2.45) is 23.7 Å². The van der Waals surface area contributed by atoms with Crippen LogP contribution in [0.1, 0.15) is 32.1 Å². The van der Waals surface area contributed by atoms with Crippen molar-refractivity contribution in [2.75, 3.05) is 31.6 Å². The lowest BCUT2D eigenvalue weighted by molar-refractivity contribution is -0.125. The highest BCUT2D eigenvalue weighted by atomic mass is 32.2. The lowest BCUT2D eigenvalue weighted by atomic mass is 9.54. The summed E-state index contributed by atoms with van der Waals surface area (Å²) in [5.41, 5.74) is 0.371. The van der Waals surface area contributed by atoms with Crippen LogP contribution in [0.2, 0.25) is 0 Å². The van der Waals surface area contributed by atoms with E-state index >= 15 is 0 Å². The van der Waals surface area contributed by atoms with E-state index in [1.165, 1.54) is 56.8 Å². The van der Waals surface area contributed by atoms with Crippen LogP contribution in [0.15, 0.2) is 30.5 Å². The highest BCUT2D eigenvalue weighted by molar-refractivity contribution is 7.90. The Hall–Kier alpha value is -2.26. The van der Waals surface area contributed by atoms with Gasteiger partial charge in [-0.2, -0.15) is 12.7 Å². The maximum atomic E-state index is 13.3. The van der Waals surface area contributed by atoms with Crippen LogP contribution >= 0.6 is 0 Å². The van der Waals surface area contributed by atoms with Gasteiger partial charge in [0.2, 0.25) is 5.91 Å². The van der Waals surface area contributed by atoms with E-state index in [0.29, 0.717) is 29.0 Å². The van der Waals surface area contributed by atoms with Gasteiger partial charge >= 0.3 is 10.2 Å². The number of ether oxygens (including phenoxy) is 2. The zero-order valence-electron chi connectivity index (χ0n) is 18.6. The Morgan fingerprint density at radius 3 is 2.38 bits per heavy atom. The number of anilines is 1. The molecule has 1 aromatic carbocycles. The molecule has 1 N–H and O–H groups in total. The summed E-state index contributed by atoms with van der Waals surface area (Å²) in [7, 11) is -0.909. The molecular weight excluding hydrogens is 430 g/mol. The van der Waals surface area contributed by atoms with Gasteiger partial charge in [-0.05, 0) is 67.9 Å². The fourth-order valence-electron chi connectivity index (χ4n) is 6.43. The number of benzene rings is 1. The van der Waals surface area contributed by atoms with Crippen molar-refractivity contribution in [3.8, 4) is 11.5 Å². The number of hydrogen-bond acceptors (Lipinski definition) is 5. The monoisotopic (exact) mass is 461 g/mol. The van der Waals surface area contributed by atoms with E-state index in [4.69, 9.17) is 9.47 Å². The van der Waals surface area contributed by atoms with Crippen molar-refractivity contribution in [3.05, 3.63) is 30.5 Å². The van der Waals surface area contributed by atoms with Gasteiger partial charge < -0.3 is 14.8 Å². The molecule has 4 fully saturated rings. The van der Waals surface area contributed by atoms with Crippen LogP contribution in [0.3, 0.4) is 0 Å². The number of amides is 1. The van der Waals surface area contributed by atoms with Crippen molar-refractivity contribution < 1.29 is 22.7 Å². The fraction of sp³-hybridized carbons (Fsp3) is 0.609. The number of rotatable bonds is 6. The zero-order chi connectivity index (χ0) is 22.5. The number of nitrogens with zero attached hydrogens (tertiary/aromatic N) is 2. The van der Waals surface area contributed by atoms with Gasteiger partial charge in [0.15, 0.2) is 0 Å². The van der Waals surface area contributed by atoms with Gasteiger partial charge in [-0.1, -0.05) is 6.08 Å². The molecule has 4 saturated carbocycles. The topological polar surface area (TPSA) is 88.2 Å². The van der Waals surface area contributed by atoms with E-state index in [1.54, 1.807) is 24.3 Å². The molecule has 6 rings (SSSR count). The van der Waals surface area contributed by atoms with Gasteiger partial charge in [0.25, 0.3) is 0 Å². The molecule has 174 valence electrons. The first-order valence-electron chi connectivity index (χ1n) is 11.4. The third-order valence-corrected chi connectivity index (χ3v) is 9.37. The Kier molecular flexibility index (Phi) is 5.57. The van der Waals surface area contributed by atoms with E-state index in [9.17, 15) is 13.2 Å². The second-order valence-electron chi connectivity index (χ2n) is 9.54. The van der Waals surface area contributed by atoms with Gasteiger partial charge in [-0.25, -0.2) is 4.31 Å². The minimum Gasteiger partial charge on any atom is -0.497 e. The zero-order valence-corrected chi connectivity index (χ0v) is 19.4. The van der Waals surface area contributed by atoms with Gasteiger partial charge in [0.05, 0.1) is 26.5 Å². The molecule has 8 nitrogen and oxygen atoms in total. The van der Waals surface area contributed by atoms with Crippen LogP contribution in [0.25, 0.3) is 0 Å². The molecule has 0 saturated heterocycles. The smallest absolute Gasteiger partial charge is 0.308 e. The summed E-state index contributed by atoms with van der Waals surface area (Å²) in [6.45, 7) is -0.0309. The Labute approximate surface area is 189 Å². The quantitative estimate of drug-likeness (QED) is 0.703. The summed E-state index contributed by atoms with van der Waals surface area (Å²) in [4.78, 5) is 12.9. The largest absolute Gasteiger partial charge is 0.497 e. The first kappa shape index (κ1) is 21.6. The molecule has 32 heavy (non-hydrogen) atoms. The van der Waals surface area contributed by atoms with Crippen molar-refractivity contribution >= 4 is 21.8 Å². The number of hydrogen-bond donors (Lipinski definition) is 1. The Balaban J connectivity index is 1.30. The molecule has 0 spiro atoms. The van der Waals surface area contributed by atoms with Crippen molar-refractivity contribution in [1.82, 2.24) is 9.62 Å². The summed E-state index contributed by atoms with van der Waals surface area (Å²) in [6.07, 6.45) is 9.41. The molecule has 0 radical (unpaired) electrons.